The van der Waals surface area contributed by atoms with Gasteiger partial charge < -0.3 is 15.8 Å². The van der Waals surface area contributed by atoms with Gasteiger partial charge in [-0.05, 0) is 44.9 Å². The maximum atomic E-state index is 11.9. The van der Waals surface area contributed by atoms with Crippen molar-refractivity contribution < 1.29 is 9.53 Å². The number of hydrogen-bond acceptors (Lipinski definition) is 3. The van der Waals surface area contributed by atoms with Gasteiger partial charge in [-0.2, -0.15) is 0 Å². The van der Waals surface area contributed by atoms with E-state index in [9.17, 15) is 4.79 Å². The predicted octanol–water partition coefficient (Wildman–Crippen LogP) is 3.16. The van der Waals surface area contributed by atoms with Gasteiger partial charge in [0, 0.05) is 17.7 Å². The Bertz CT molecular complexity index is 444. The molecule has 3 N–H and O–H groups in total. The minimum Gasteiger partial charge on any atom is -0.496 e. The van der Waals surface area contributed by atoms with Gasteiger partial charge in [0.15, 0.2) is 0 Å². The summed E-state index contributed by atoms with van der Waals surface area (Å²) in [5, 5.41) is 2.96. The minimum absolute atomic E-state index is 0.0618. The Balaban J connectivity index is 2.50. The molecule has 20 heavy (non-hydrogen) atoms. The molecule has 0 radical (unpaired) electrons. The van der Waals surface area contributed by atoms with Gasteiger partial charge in [0.1, 0.15) is 5.75 Å². The third-order valence-electron chi connectivity index (χ3n) is 3.44. The molecule has 0 heterocycles. The van der Waals surface area contributed by atoms with Crippen molar-refractivity contribution in [3.8, 4) is 5.75 Å². The molecule has 0 atom stereocenters. The average Bonchev–Trinajstić information content (AvgIpc) is 2.42. The number of rotatable bonds is 8. The van der Waals surface area contributed by atoms with Gasteiger partial charge in [0.2, 0.25) is 5.91 Å². The van der Waals surface area contributed by atoms with Crippen molar-refractivity contribution in [2.24, 2.45) is 5.73 Å². The number of nitrogens with one attached hydrogen (secondary N) is 1. The summed E-state index contributed by atoms with van der Waals surface area (Å²) in [6.07, 6.45) is 4.66. The lowest BCUT2D eigenvalue weighted by Gasteiger charge is -2.14. The first kappa shape index (κ1) is 16.5. The van der Waals surface area contributed by atoms with Crippen molar-refractivity contribution in [2.45, 2.75) is 46.0 Å². The van der Waals surface area contributed by atoms with Crippen molar-refractivity contribution in [2.75, 3.05) is 19.0 Å². The number of anilines is 1. The zero-order chi connectivity index (χ0) is 15.0. The topological polar surface area (TPSA) is 64.3 Å². The normalized spacial score (nSPS) is 10.4. The van der Waals surface area contributed by atoms with Crippen LogP contribution in [0.1, 0.15) is 43.2 Å². The molecule has 112 valence electrons. The molecule has 0 aliphatic carbocycles. The number of unbranched alkanes of at least 4 members (excludes halogenated alkanes) is 3. The van der Waals surface area contributed by atoms with Crippen LogP contribution in [0.5, 0.6) is 5.75 Å². The Morgan fingerprint density at radius 3 is 2.55 bits per heavy atom. The molecule has 0 saturated carbocycles. The summed E-state index contributed by atoms with van der Waals surface area (Å²) in [6.45, 7) is 4.69. The van der Waals surface area contributed by atoms with E-state index < -0.39 is 0 Å². The summed E-state index contributed by atoms with van der Waals surface area (Å²) in [6, 6.07) is 3.89. The number of aryl methyl sites for hydroxylation is 1. The number of carbonyl (C=O) groups excluding carboxylic acids is 1. The van der Waals surface area contributed by atoms with E-state index in [4.69, 9.17) is 10.5 Å². The lowest BCUT2D eigenvalue weighted by Crippen LogP contribution is -2.12. The smallest absolute Gasteiger partial charge is 0.224 e. The van der Waals surface area contributed by atoms with Crippen molar-refractivity contribution in [3.05, 3.63) is 23.3 Å². The van der Waals surface area contributed by atoms with Crippen molar-refractivity contribution >= 4 is 11.6 Å². The van der Waals surface area contributed by atoms with Crippen LogP contribution in [0.3, 0.4) is 0 Å². The fraction of sp³-hybridized carbons (Fsp3) is 0.562. The van der Waals surface area contributed by atoms with Gasteiger partial charge in [0.25, 0.3) is 0 Å². The summed E-state index contributed by atoms with van der Waals surface area (Å²) < 4.78 is 5.36. The van der Waals surface area contributed by atoms with Gasteiger partial charge >= 0.3 is 0 Å². The number of carbonyl (C=O) groups is 1. The Morgan fingerprint density at radius 1 is 1.20 bits per heavy atom. The van der Waals surface area contributed by atoms with Crippen LogP contribution in [0.25, 0.3) is 0 Å². The molecule has 0 aromatic heterocycles. The maximum absolute atomic E-state index is 11.9. The van der Waals surface area contributed by atoms with Crippen molar-refractivity contribution in [1.29, 1.82) is 0 Å². The summed E-state index contributed by atoms with van der Waals surface area (Å²) in [5.74, 6) is 0.900. The molecular formula is C16H26N2O2. The molecule has 4 nitrogen and oxygen atoms in total. The van der Waals surface area contributed by atoms with Gasteiger partial charge in [-0.1, -0.05) is 18.9 Å². The Hall–Kier alpha value is -1.55. The molecule has 0 aliphatic rings. The number of methoxy groups -OCH3 is 1. The van der Waals surface area contributed by atoms with E-state index in [1.165, 1.54) is 0 Å². The van der Waals surface area contributed by atoms with E-state index in [2.05, 4.69) is 5.32 Å². The molecule has 0 spiro atoms. The minimum atomic E-state index is 0.0618. The number of nitrogens with two attached hydrogens (primary N) is 1. The zero-order valence-corrected chi connectivity index (χ0v) is 12.8. The van der Waals surface area contributed by atoms with Gasteiger partial charge in [0.05, 0.1) is 7.11 Å². The maximum Gasteiger partial charge on any atom is 0.224 e. The van der Waals surface area contributed by atoms with Crippen LogP contribution in [0, 0.1) is 13.8 Å². The molecule has 0 fully saturated rings. The first-order valence-corrected chi connectivity index (χ1v) is 7.24. The molecule has 0 bridgehead atoms. The van der Waals surface area contributed by atoms with Gasteiger partial charge in [-0.3, -0.25) is 4.79 Å². The lowest BCUT2D eigenvalue weighted by atomic mass is 10.1. The van der Waals surface area contributed by atoms with E-state index in [0.717, 1.165) is 54.8 Å². The Kier molecular flexibility index (Phi) is 7.09. The van der Waals surface area contributed by atoms with Crippen molar-refractivity contribution in [3.63, 3.8) is 0 Å². The molecule has 1 aromatic rings. The van der Waals surface area contributed by atoms with Crippen LogP contribution in [0.15, 0.2) is 12.1 Å². The molecule has 4 heteroatoms. The van der Waals surface area contributed by atoms with Crippen LogP contribution in [0.4, 0.5) is 5.69 Å². The highest BCUT2D eigenvalue weighted by molar-refractivity contribution is 5.91. The molecular weight excluding hydrogens is 252 g/mol. The summed E-state index contributed by atoms with van der Waals surface area (Å²) >= 11 is 0. The zero-order valence-electron chi connectivity index (χ0n) is 12.8. The Morgan fingerprint density at radius 2 is 1.90 bits per heavy atom. The Labute approximate surface area is 121 Å². The quantitative estimate of drug-likeness (QED) is 0.718. The SMILES string of the molecule is COc1c(C)ccc(NC(=O)CCCCCCN)c1C. The molecule has 1 amide bonds. The summed E-state index contributed by atoms with van der Waals surface area (Å²) in [5.41, 5.74) is 8.32. The highest BCUT2D eigenvalue weighted by atomic mass is 16.5. The second-order valence-electron chi connectivity index (χ2n) is 5.09. The molecule has 1 aromatic carbocycles. The molecule has 0 unspecified atom stereocenters. The highest BCUT2D eigenvalue weighted by Gasteiger charge is 2.10. The van der Waals surface area contributed by atoms with Crippen LogP contribution in [-0.4, -0.2) is 19.6 Å². The number of benzene rings is 1. The predicted molar refractivity (Wildman–Crippen MR) is 83.2 cm³/mol. The van der Waals surface area contributed by atoms with Crippen LogP contribution in [0.2, 0.25) is 0 Å². The third-order valence-corrected chi connectivity index (χ3v) is 3.44. The van der Waals surface area contributed by atoms with Gasteiger partial charge in [-0.15, -0.1) is 0 Å². The first-order valence-electron chi connectivity index (χ1n) is 7.24. The van der Waals surface area contributed by atoms with Crippen LogP contribution >= 0.6 is 0 Å². The van der Waals surface area contributed by atoms with E-state index in [1.807, 2.05) is 26.0 Å². The van der Waals surface area contributed by atoms with E-state index in [1.54, 1.807) is 7.11 Å². The summed E-state index contributed by atoms with van der Waals surface area (Å²) in [4.78, 5) is 11.9. The standard InChI is InChI=1S/C16H26N2O2/c1-12-9-10-14(13(2)16(12)20-3)18-15(19)8-6-4-5-7-11-17/h9-10H,4-8,11,17H2,1-3H3,(H,18,19). The largest absolute Gasteiger partial charge is 0.496 e. The second kappa shape index (κ2) is 8.59. The van der Waals surface area contributed by atoms with E-state index in [-0.39, 0.29) is 5.91 Å². The highest BCUT2D eigenvalue weighted by Crippen LogP contribution is 2.29. The molecule has 0 saturated heterocycles. The van der Waals surface area contributed by atoms with Crippen molar-refractivity contribution in [1.82, 2.24) is 0 Å². The van der Waals surface area contributed by atoms with Gasteiger partial charge in [-0.25, -0.2) is 0 Å². The average molecular weight is 278 g/mol. The number of ether oxygens (including phenoxy) is 1. The second-order valence-corrected chi connectivity index (χ2v) is 5.09. The van der Waals surface area contributed by atoms with E-state index >= 15 is 0 Å². The fourth-order valence-electron chi connectivity index (χ4n) is 2.27. The molecule has 0 aliphatic heterocycles. The monoisotopic (exact) mass is 278 g/mol. The van der Waals surface area contributed by atoms with Crippen LogP contribution in [-0.2, 0) is 4.79 Å². The third kappa shape index (κ3) is 4.85. The molecule has 1 rings (SSSR count). The summed E-state index contributed by atoms with van der Waals surface area (Å²) in [7, 11) is 1.65. The number of hydrogen-bond donors (Lipinski definition) is 2. The first-order chi connectivity index (χ1) is 9.60. The fourth-order valence-corrected chi connectivity index (χ4v) is 2.27. The van der Waals surface area contributed by atoms with E-state index in [0.29, 0.717) is 6.42 Å². The van der Waals surface area contributed by atoms with Crippen LogP contribution < -0.4 is 15.8 Å². The number of amides is 1. The lowest BCUT2D eigenvalue weighted by molar-refractivity contribution is -0.116.